The molecule has 0 spiro atoms. The van der Waals surface area contributed by atoms with Crippen molar-refractivity contribution in [3.05, 3.63) is 33.4 Å². The maximum atomic E-state index is 6.04. The fourth-order valence-electron chi connectivity index (χ4n) is 1.34. The number of rotatable bonds is 1. The van der Waals surface area contributed by atoms with E-state index in [2.05, 4.69) is 4.98 Å². The topological polar surface area (TPSA) is 22.1 Å². The highest BCUT2D eigenvalue weighted by Crippen LogP contribution is 2.35. The number of hydrogen-bond acceptors (Lipinski definition) is 2. The molecular formula is C10H6Cl3NO. The number of fused-ring (bicyclic) bond motifs is 1. The smallest absolute Gasteiger partial charge is 0.146 e. The summed E-state index contributed by atoms with van der Waals surface area (Å²) in [7, 11) is 1.55. The van der Waals surface area contributed by atoms with Crippen molar-refractivity contribution in [1.29, 1.82) is 0 Å². The molecule has 0 atom stereocenters. The normalized spacial score (nSPS) is 10.7. The van der Waals surface area contributed by atoms with E-state index in [1.165, 1.54) is 6.20 Å². The van der Waals surface area contributed by atoms with Crippen LogP contribution in [0.4, 0.5) is 0 Å². The second kappa shape index (κ2) is 4.05. The summed E-state index contributed by atoms with van der Waals surface area (Å²) in [5.74, 6) is 0.580. The van der Waals surface area contributed by atoms with E-state index < -0.39 is 0 Å². The molecular weight excluding hydrogens is 256 g/mol. The number of ether oxygens (including phenoxy) is 1. The second-order valence-corrected chi connectivity index (χ2v) is 4.15. The SMILES string of the molecule is COc1cc(Cl)cc2c(Cl)c(Cl)cnc12. The Hall–Kier alpha value is -0.700. The molecule has 0 radical (unpaired) electrons. The van der Waals surface area contributed by atoms with Gasteiger partial charge in [-0.15, -0.1) is 0 Å². The van der Waals surface area contributed by atoms with Gasteiger partial charge in [-0.25, -0.2) is 0 Å². The average Bonchev–Trinajstić information content (AvgIpc) is 2.23. The molecule has 0 amide bonds. The van der Waals surface area contributed by atoms with Crippen LogP contribution in [-0.4, -0.2) is 12.1 Å². The molecule has 0 unspecified atom stereocenters. The molecule has 1 heterocycles. The van der Waals surface area contributed by atoms with Crippen molar-refractivity contribution < 1.29 is 4.74 Å². The Kier molecular flexibility index (Phi) is 2.91. The number of benzene rings is 1. The minimum absolute atomic E-state index is 0.397. The van der Waals surface area contributed by atoms with Crippen molar-refractivity contribution in [2.45, 2.75) is 0 Å². The molecule has 1 aromatic carbocycles. The van der Waals surface area contributed by atoms with Gasteiger partial charge < -0.3 is 4.74 Å². The Labute approximate surface area is 102 Å². The first-order chi connectivity index (χ1) is 7.13. The molecule has 5 heteroatoms. The van der Waals surface area contributed by atoms with E-state index in [4.69, 9.17) is 39.5 Å². The van der Waals surface area contributed by atoms with Crippen molar-refractivity contribution in [2.24, 2.45) is 0 Å². The Morgan fingerprint density at radius 1 is 1.20 bits per heavy atom. The number of methoxy groups -OCH3 is 1. The summed E-state index contributed by atoms with van der Waals surface area (Å²) in [6.07, 6.45) is 1.49. The van der Waals surface area contributed by atoms with Crippen molar-refractivity contribution in [2.75, 3.05) is 7.11 Å². The van der Waals surface area contributed by atoms with Crippen LogP contribution in [0.1, 0.15) is 0 Å². The molecule has 0 fully saturated rings. The standard InChI is InChI=1S/C10H6Cl3NO/c1-15-8-3-5(11)2-6-9(13)7(12)4-14-10(6)8/h2-4H,1H3. The average molecular weight is 263 g/mol. The Morgan fingerprint density at radius 3 is 2.60 bits per heavy atom. The van der Waals surface area contributed by atoms with Gasteiger partial charge in [-0.3, -0.25) is 4.98 Å². The first-order valence-electron chi connectivity index (χ1n) is 4.10. The second-order valence-electron chi connectivity index (χ2n) is 2.92. The van der Waals surface area contributed by atoms with Gasteiger partial charge in [0.15, 0.2) is 0 Å². The van der Waals surface area contributed by atoms with Crippen LogP contribution >= 0.6 is 34.8 Å². The summed E-state index contributed by atoms with van der Waals surface area (Å²) >= 11 is 17.8. The van der Waals surface area contributed by atoms with Crippen LogP contribution in [-0.2, 0) is 0 Å². The van der Waals surface area contributed by atoms with Crippen LogP contribution in [0, 0.1) is 0 Å². The van der Waals surface area contributed by atoms with E-state index in [-0.39, 0.29) is 0 Å². The molecule has 0 saturated heterocycles. The molecule has 78 valence electrons. The minimum atomic E-state index is 0.397. The molecule has 2 rings (SSSR count). The van der Waals surface area contributed by atoms with Gasteiger partial charge in [-0.05, 0) is 6.07 Å². The van der Waals surface area contributed by atoms with Gasteiger partial charge in [0.2, 0.25) is 0 Å². The lowest BCUT2D eigenvalue weighted by molar-refractivity contribution is 0.419. The maximum Gasteiger partial charge on any atom is 0.146 e. The number of aromatic nitrogens is 1. The highest BCUT2D eigenvalue weighted by molar-refractivity contribution is 6.45. The lowest BCUT2D eigenvalue weighted by Crippen LogP contribution is -1.89. The molecule has 0 bridgehead atoms. The fourth-order valence-corrected chi connectivity index (χ4v) is 1.89. The van der Waals surface area contributed by atoms with E-state index in [0.29, 0.717) is 31.7 Å². The Balaban J connectivity index is 2.89. The predicted molar refractivity (Wildman–Crippen MR) is 63.3 cm³/mol. The van der Waals surface area contributed by atoms with Crippen molar-refractivity contribution in [3.63, 3.8) is 0 Å². The zero-order chi connectivity index (χ0) is 11.0. The fraction of sp³-hybridized carbons (Fsp3) is 0.100. The van der Waals surface area contributed by atoms with Crippen molar-refractivity contribution >= 4 is 45.7 Å². The summed E-state index contributed by atoms with van der Waals surface area (Å²) < 4.78 is 5.15. The number of nitrogens with zero attached hydrogens (tertiary/aromatic N) is 1. The molecule has 0 saturated carbocycles. The summed E-state index contributed by atoms with van der Waals surface area (Å²) in [6.45, 7) is 0. The molecule has 0 N–H and O–H groups in total. The van der Waals surface area contributed by atoms with E-state index >= 15 is 0 Å². The lowest BCUT2D eigenvalue weighted by Gasteiger charge is -2.07. The van der Waals surface area contributed by atoms with Crippen LogP contribution in [0.3, 0.4) is 0 Å². The summed E-state index contributed by atoms with van der Waals surface area (Å²) in [5, 5.41) is 2.05. The quantitative estimate of drug-likeness (QED) is 0.768. The first-order valence-corrected chi connectivity index (χ1v) is 5.24. The van der Waals surface area contributed by atoms with E-state index in [0.717, 1.165) is 0 Å². The van der Waals surface area contributed by atoms with Crippen molar-refractivity contribution in [1.82, 2.24) is 4.98 Å². The van der Waals surface area contributed by atoms with Crippen LogP contribution in [0.5, 0.6) is 5.75 Å². The largest absolute Gasteiger partial charge is 0.494 e. The zero-order valence-corrected chi connectivity index (χ0v) is 9.99. The molecule has 0 aliphatic rings. The molecule has 1 aromatic heterocycles. The van der Waals surface area contributed by atoms with Gasteiger partial charge in [-0.2, -0.15) is 0 Å². The van der Waals surface area contributed by atoms with Crippen molar-refractivity contribution in [3.8, 4) is 5.75 Å². The van der Waals surface area contributed by atoms with Gasteiger partial charge in [-0.1, -0.05) is 34.8 Å². The molecule has 15 heavy (non-hydrogen) atoms. The van der Waals surface area contributed by atoms with E-state index in [9.17, 15) is 0 Å². The number of pyridine rings is 1. The summed E-state index contributed by atoms with van der Waals surface area (Å²) in [4.78, 5) is 4.15. The lowest BCUT2D eigenvalue weighted by atomic mass is 10.2. The van der Waals surface area contributed by atoms with Crippen LogP contribution in [0.25, 0.3) is 10.9 Å². The molecule has 2 aromatic rings. The zero-order valence-electron chi connectivity index (χ0n) is 7.72. The minimum Gasteiger partial charge on any atom is -0.494 e. The van der Waals surface area contributed by atoms with Gasteiger partial charge in [0.1, 0.15) is 11.3 Å². The van der Waals surface area contributed by atoms with Crippen LogP contribution in [0.2, 0.25) is 15.1 Å². The highest BCUT2D eigenvalue weighted by Gasteiger charge is 2.10. The van der Waals surface area contributed by atoms with Gasteiger partial charge >= 0.3 is 0 Å². The Bertz CT molecular complexity index is 528. The predicted octanol–water partition coefficient (Wildman–Crippen LogP) is 4.20. The third kappa shape index (κ3) is 1.85. The summed E-state index contributed by atoms with van der Waals surface area (Å²) in [5.41, 5.74) is 0.649. The monoisotopic (exact) mass is 261 g/mol. The third-order valence-corrected chi connectivity index (χ3v) is 3.02. The van der Waals surface area contributed by atoms with Crippen LogP contribution < -0.4 is 4.74 Å². The summed E-state index contributed by atoms with van der Waals surface area (Å²) in [6, 6.07) is 3.39. The molecule has 0 aliphatic heterocycles. The first kappa shape index (κ1) is 10.8. The molecule has 2 nitrogen and oxygen atoms in total. The van der Waals surface area contributed by atoms with E-state index in [1.54, 1.807) is 19.2 Å². The number of halogens is 3. The van der Waals surface area contributed by atoms with Gasteiger partial charge in [0, 0.05) is 22.7 Å². The third-order valence-electron chi connectivity index (χ3n) is 2.01. The molecule has 0 aliphatic carbocycles. The van der Waals surface area contributed by atoms with Gasteiger partial charge in [0.25, 0.3) is 0 Å². The highest BCUT2D eigenvalue weighted by atomic mass is 35.5. The Morgan fingerprint density at radius 2 is 1.93 bits per heavy atom. The maximum absolute atomic E-state index is 6.04. The number of hydrogen-bond donors (Lipinski definition) is 0. The van der Waals surface area contributed by atoms with Gasteiger partial charge in [0.05, 0.1) is 17.2 Å². The van der Waals surface area contributed by atoms with E-state index in [1.807, 2.05) is 0 Å². The van der Waals surface area contributed by atoms with Crippen LogP contribution in [0.15, 0.2) is 18.3 Å².